The van der Waals surface area contributed by atoms with E-state index in [2.05, 4.69) is 5.32 Å². The van der Waals surface area contributed by atoms with Crippen LogP contribution in [0.4, 0.5) is 5.69 Å². The van der Waals surface area contributed by atoms with Crippen LogP contribution in [-0.2, 0) is 29.6 Å². The molecule has 4 rings (SSSR count). The number of carbonyl (C=O) groups is 1. The molecule has 2 heterocycles. The molecule has 2 aliphatic heterocycles. The Labute approximate surface area is 194 Å². The minimum Gasteiger partial charge on any atom is -0.379 e. The van der Waals surface area contributed by atoms with Gasteiger partial charge in [-0.3, -0.25) is 4.79 Å². The largest absolute Gasteiger partial charge is 0.379 e. The fourth-order valence-electron chi connectivity index (χ4n) is 4.03. The molecule has 2 saturated heterocycles. The number of hydrogen-bond donors (Lipinski definition) is 1. The zero-order valence-corrected chi connectivity index (χ0v) is 19.9. The molecule has 0 saturated carbocycles. The number of rotatable bonds is 6. The Hall–Kier alpha value is -2.31. The molecule has 2 fully saturated rings. The zero-order valence-electron chi connectivity index (χ0n) is 18.3. The van der Waals surface area contributed by atoms with Crippen molar-refractivity contribution in [2.45, 2.75) is 35.6 Å². The smallest absolute Gasteiger partial charge is 0.243 e. The quantitative estimate of drug-likeness (QED) is 0.657. The Balaban J connectivity index is 1.52. The van der Waals surface area contributed by atoms with Crippen molar-refractivity contribution in [3.8, 4) is 0 Å². The van der Waals surface area contributed by atoms with Crippen molar-refractivity contribution in [1.82, 2.24) is 8.61 Å². The molecule has 2 aromatic carbocycles. The van der Waals surface area contributed by atoms with Gasteiger partial charge in [0.15, 0.2) is 0 Å². The van der Waals surface area contributed by atoms with Crippen LogP contribution in [0.15, 0.2) is 58.3 Å². The number of anilines is 1. The maximum Gasteiger partial charge on any atom is 0.243 e. The third-order valence-electron chi connectivity index (χ3n) is 5.84. The summed E-state index contributed by atoms with van der Waals surface area (Å²) in [6.07, 6.45) is 0.956. The summed E-state index contributed by atoms with van der Waals surface area (Å²) in [6, 6.07) is 11.7. The van der Waals surface area contributed by atoms with Gasteiger partial charge in [-0.1, -0.05) is 23.8 Å². The summed E-state index contributed by atoms with van der Waals surface area (Å²) in [7, 11) is -7.55. The molecule has 0 bridgehead atoms. The van der Waals surface area contributed by atoms with Crippen molar-refractivity contribution in [2.24, 2.45) is 0 Å². The SMILES string of the molecule is Cc1ccc(S(=O)(=O)N2CCC[C@@H]2C(=O)Nc2cccc(S(=O)(=O)N3CCOCC3)c2)cc1. The standard InChI is InChI=1S/C22H27N3O6S2/c1-17-7-9-19(10-8-17)33(29,30)25-11-3-6-21(25)22(26)23-18-4-2-5-20(16-18)32(27,28)24-12-14-31-15-13-24/h2,4-5,7-10,16,21H,3,6,11-15H2,1H3,(H,23,26)/t21-/m1/s1. The van der Waals surface area contributed by atoms with Gasteiger partial charge in [0, 0.05) is 25.3 Å². The van der Waals surface area contributed by atoms with Gasteiger partial charge in [-0.05, 0) is 50.1 Å². The van der Waals surface area contributed by atoms with Crippen molar-refractivity contribution < 1.29 is 26.4 Å². The topological polar surface area (TPSA) is 113 Å². The molecular weight excluding hydrogens is 466 g/mol. The molecule has 0 aliphatic carbocycles. The molecule has 2 aliphatic rings. The van der Waals surface area contributed by atoms with Gasteiger partial charge in [-0.2, -0.15) is 8.61 Å². The predicted octanol–water partition coefficient (Wildman–Crippen LogP) is 1.81. The van der Waals surface area contributed by atoms with Crippen molar-refractivity contribution in [3.63, 3.8) is 0 Å². The number of amides is 1. The lowest BCUT2D eigenvalue weighted by atomic mass is 10.2. The molecule has 11 heteroatoms. The van der Waals surface area contributed by atoms with E-state index in [1.807, 2.05) is 6.92 Å². The highest BCUT2D eigenvalue weighted by atomic mass is 32.2. The number of benzene rings is 2. The van der Waals surface area contributed by atoms with Crippen LogP contribution in [0, 0.1) is 6.92 Å². The van der Waals surface area contributed by atoms with Crippen LogP contribution in [0.25, 0.3) is 0 Å². The number of ether oxygens (including phenoxy) is 1. The third kappa shape index (κ3) is 4.97. The van der Waals surface area contributed by atoms with E-state index >= 15 is 0 Å². The Morgan fingerprint density at radius 1 is 0.939 bits per heavy atom. The van der Waals surface area contributed by atoms with Gasteiger partial charge in [0.1, 0.15) is 6.04 Å². The molecule has 0 unspecified atom stereocenters. The van der Waals surface area contributed by atoms with Crippen LogP contribution in [0.1, 0.15) is 18.4 Å². The highest BCUT2D eigenvalue weighted by molar-refractivity contribution is 7.89. The fourth-order valence-corrected chi connectivity index (χ4v) is 7.14. The lowest BCUT2D eigenvalue weighted by Crippen LogP contribution is -2.43. The molecule has 178 valence electrons. The average Bonchev–Trinajstić information content (AvgIpc) is 3.31. The molecule has 33 heavy (non-hydrogen) atoms. The van der Waals surface area contributed by atoms with Gasteiger partial charge in [-0.25, -0.2) is 16.8 Å². The first-order chi connectivity index (χ1) is 15.7. The minimum absolute atomic E-state index is 0.0674. The summed E-state index contributed by atoms with van der Waals surface area (Å²) >= 11 is 0. The number of sulfonamides is 2. The highest BCUT2D eigenvalue weighted by Crippen LogP contribution is 2.28. The molecule has 0 aromatic heterocycles. The van der Waals surface area contributed by atoms with Gasteiger partial charge in [-0.15, -0.1) is 0 Å². The lowest BCUT2D eigenvalue weighted by molar-refractivity contribution is -0.119. The van der Waals surface area contributed by atoms with Crippen molar-refractivity contribution in [1.29, 1.82) is 0 Å². The minimum atomic E-state index is -3.83. The molecule has 9 nitrogen and oxygen atoms in total. The third-order valence-corrected chi connectivity index (χ3v) is 9.66. The Kier molecular flexibility index (Phi) is 6.87. The number of nitrogens with zero attached hydrogens (tertiary/aromatic N) is 2. The van der Waals surface area contributed by atoms with Gasteiger partial charge >= 0.3 is 0 Å². The maximum atomic E-state index is 13.1. The second-order valence-electron chi connectivity index (χ2n) is 8.12. The first-order valence-corrected chi connectivity index (χ1v) is 13.6. The average molecular weight is 494 g/mol. The summed E-state index contributed by atoms with van der Waals surface area (Å²) in [5.41, 5.74) is 1.24. The summed E-state index contributed by atoms with van der Waals surface area (Å²) < 4.78 is 59.9. The van der Waals surface area contributed by atoms with E-state index in [1.165, 1.54) is 32.9 Å². The number of nitrogens with one attached hydrogen (secondary N) is 1. The van der Waals surface area contributed by atoms with Crippen LogP contribution >= 0.6 is 0 Å². The van der Waals surface area contributed by atoms with Crippen LogP contribution in [0.3, 0.4) is 0 Å². The zero-order chi connectivity index (χ0) is 23.6. The van der Waals surface area contributed by atoms with Gasteiger partial charge in [0.2, 0.25) is 26.0 Å². The predicted molar refractivity (Wildman–Crippen MR) is 123 cm³/mol. The van der Waals surface area contributed by atoms with Crippen molar-refractivity contribution in [3.05, 3.63) is 54.1 Å². The maximum absolute atomic E-state index is 13.1. The number of morpholine rings is 1. The first kappa shape index (κ1) is 23.8. The normalized spacial score (nSPS) is 20.6. The Morgan fingerprint density at radius 2 is 1.64 bits per heavy atom. The molecule has 2 aromatic rings. The van der Waals surface area contributed by atoms with Crippen LogP contribution < -0.4 is 5.32 Å². The van der Waals surface area contributed by atoms with Crippen LogP contribution in [0.5, 0.6) is 0 Å². The van der Waals surface area contributed by atoms with E-state index in [0.29, 0.717) is 31.7 Å². The van der Waals surface area contributed by atoms with Crippen LogP contribution in [-0.4, -0.2) is 70.2 Å². The Morgan fingerprint density at radius 3 is 2.33 bits per heavy atom. The van der Waals surface area contributed by atoms with E-state index in [1.54, 1.807) is 24.3 Å². The summed E-state index contributed by atoms with van der Waals surface area (Å²) in [5, 5.41) is 2.71. The molecule has 0 spiro atoms. The van der Waals surface area contributed by atoms with E-state index in [9.17, 15) is 21.6 Å². The van der Waals surface area contributed by atoms with Gasteiger partial charge < -0.3 is 10.1 Å². The van der Waals surface area contributed by atoms with E-state index in [-0.39, 0.29) is 29.4 Å². The summed E-state index contributed by atoms with van der Waals surface area (Å²) in [4.78, 5) is 13.2. The highest BCUT2D eigenvalue weighted by Gasteiger charge is 2.39. The van der Waals surface area contributed by atoms with Crippen molar-refractivity contribution >= 4 is 31.6 Å². The number of aryl methyl sites for hydroxylation is 1. The second-order valence-corrected chi connectivity index (χ2v) is 11.9. The number of carbonyl (C=O) groups excluding carboxylic acids is 1. The van der Waals surface area contributed by atoms with Crippen LogP contribution in [0.2, 0.25) is 0 Å². The van der Waals surface area contributed by atoms with E-state index < -0.39 is 32.0 Å². The summed E-state index contributed by atoms with van der Waals surface area (Å²) in [5.74, 6) is -0.482. The lowest BCUT2D eigenvalue weighted by Gasteiger charge is -2.26. The van der Waals surface area contributed by atoms with Gasteiger partial charge in [0.25, 0.3) is 0 Å². The van der Waals surface area contributed by atoms with E-state index in [4.69, 9.17) is 4.74 Å². The van der Waals surface area contributed by atoms with Gasteiger partial charge in [0.05, 0.1) is 23.0 Å². The van der Waals surface area contributed by atoms with Crippen molar-refractivity contribution in [2.75, 3.05) is 38.2 Å². The fraction of sp³-hybridized carbons (Fsp3) is 0.409. The summed E-state index contributed by atoms with van der Waals surface area (Å²) in [6.45, 7) is 3.33. The first-order valence-electron chi connectivity index (χ1n) is 10.8. The molecule has 0 radical (unpaired) electrons. The second kappa shape index (κ2) is 9.51. The molecule has 1 atom stereocenters. The number of hydrogen-bond acceptors (Lipinski definition) is 6. The monoisotopic (exact) mass is 493 g/mol. The Bertz CT molecular complexity index is 1220. The molecule has 1 amide bonds. The molecular formula is C22H27N3O6S2. The molecule has 1 N–H and O–H groups in total. The van der Waals surface area contributed by atoms with E-state index in [0.717, 1.165) is 5.56 Å².